The van der Waals surface area contributed by atoms with Crippen molar-refractivity contribution in [3.63, 3.8) is 0 Å². The van der Waals surface area contributed by atoms with E-state index in [2.05, 4.69) is 35.7 Å². The summed E-state index contributed by atoms with van der Waals surface area (Å²) in [6.45, 7) is 2.99. The maximum Gasteiger partial charge on any atom is 0.255 e. The van der Waals surface area contributed by atoms with Gasteiger partial charge < -0.3 is 20.4 Å². The van der Waals surface area contributed by atoms with Crippen molar-refractivity contribution in [3.05, 3.63) is 95.0 Å². The highest BCUT2D eigenvalue weighted by Gasteiger charge is 2.44. The van der Waals surface area contributed by atoms with Crippen molar-refractivity contribution >= 4 is 35.0 Å². The molecule has 59 heavy (non-hydrogen) atoms. The molecule has 310 valence electrons. The number of piperazine rings is 1. The molecule has 3 amide bonds. The average Bonchev–Trinajstić information content (AvgIpc) is 3.25. The number of imide groups is 1. The van der Waals surface area contributed by atoms with E-state index in [1.807, 2.05) is 11.9 Å². The number of nitrogens with one attached hydrogen (secondary N) is 3. The number of carbonyl (C=O) groups excluding carboxylic acids is 3. The Hall–Kier alpha value is -5.70. The van der Waals surface area contributed by atoms with E-state index in [4.69, 9.17) is 0 Å². The fraction of sp³-hybridized carbons (Fsp3) is 0.455. The zero-order valence-electron chi connectivity index (χ0n) is 33.3. The largest absolute Gasteiger partial charge is 0.374 e. The third kappa shape index (κ3) is 8.70. The van der Waals surface area contributed by atoms with E-state index in [1.54, 1.807) is 54.7 Å². The third-order valence-corrected chi connectivity index (χ3v) is 12.7. The van der Waals surface area contributed by atoms with Crippen molar-refractivity contribution in [2.45, 2.75) is 94.3 Å². The van der Waals surface area contributed by atoms with Crippen molar-refractivity contribution in [2.24, 2.45) is 0 Å². The van der Waals surface area contributed by atoms with Gasteiger partial charge in [0.25, 0.3) is 5.56 Å². The van der Waals surface area contributed by atoms with Crippen LogP contribution in [0, 0.1) is 11.6 Å². The summed E-state index contributed by atoms with van der Waals surface area (Å²) in [4.78, 5) is 66.0. The summed E-state index contributed by atoms with van der Waals surface area (Å²) < 4.78 is 32.1. The summed E-state index contributed by atoms with van der Waals surface area (Å²) in [6, 6.07) is 16.7. The maximum absolute atomic E-state index is 15.3. The van der Waals surface area contributed by atoms with Crippen LogP contribution in [0.4, 0.5) is 26.1 Å². The van der Waals surface area contributed by atoms with Crippen molar-refractivity contribution in [3.8, 4) is 16.9 Å². The van der Waals surface area contributed by atoms with Crippen LogP contribution in [0.1, 0.15) is 70.6 Å². The standard InChI is InChI=1S/C44H51F2N9O4/c1-52(31-12-14-32(15-13-31)53-22-24-54(25-23-53)37-17-11-30(27-34(37)45)48-36-16-18-38(56)49-41(36)58)42(59)44(19-4-2-5-20-44)51-43-47-28-35(46)40(50-43)29-8-7-9-33(26-29)55-21-6-3-10-39(55)57/h3,6-11,17,21,26-28,31-32,36,48H,2,4-5,12-16,18-20,22-25H2,1H3,(H,47,50,51)(H,49,56,58). The number of likely N-dealkylation sites (N-methyl/N-ethyl adjacent to an activating group) is 1. The first kappa shape index (κ1) is 40.1. The molecule has 4 aromatic rings. The van der Waals surface area contributed by atoms with Crippen LogP contribution in [-0.2, 0) is 14.4 Å². The smallest absolute Gasteiger partial charge is 0.255 e. The molecule has 1 unspecified atom stereocenters. The molecule has 0 spiro atoms. The van der Waals surface area contributed by atoms with Gasteiger partial charge in [-0.3, -0.25) is 34.0 Å². The minimum atomic E-state index is -0.914. The number of piperidine rings is 1. The van der Waals surface area contributed by atoms with Crippen LogP contribution in [0.2, 0.25) is 0 Å². The Labute approximate surface area is 342 Å². The van der Waals surface area contributed by atoms with E-state index in [1.165, 1.54) is 16.7 Å². The van der Waals surface area contributed by atoms with Crippen molar-refractivity contribution < 1.29 is 23.2 Å². The molecule has 0 bridgehead atoms. The number of amides is 3. The van der Waals surface area contributed by atoms with Crippen LogP contribution in [0.3, 0.4) is 0 Å². The maximum atomic E-state index is 15.3. The summed E-state index contributed by atoms with van der Waals surface area (Å²) in [6.07, 6.45) is 11.1. The van der Waals surface area contributed by atoms with Crippen LogP contribution in [0.25, 0.3) is 16.9 Å². The van der Waals surface area contributed by atoms with Gasteiger partial charge in [-0.25, -0.2) is 18.7 Å². The fourth-order valence-electron chi connectivity index (χ4n) is 9.36. The Morgan fingerprint density at radius 2 is 1.66 bits per heavy atom. The second-order valence-electron chi connectivity index (χ2n) is 16.3. The lowest BCUT2D eigenvalue weighted by molar-refractivity contribution is -0.139. The van der Waals surface area contributed by atoms with Gasteiger partial charge in [0, 0.05) is 80.9 Å². The van der Waals surface area contributed by atoms with Crippen LogP contribution < -0.4 is 26.4 Å². The van der Waals surface area contributed by atoms with Gasteiger partial charge in [-0.1, -0.05) is 37.5 Å². The van der Waals surface area contributed by atoms with E-state index < -0.39 is 23.3 Å². The zero-order chi connectivity index (χ0) is 41.1. The second-order valence-corrected chi connectivity index (χ2v) is 16.3. The summed E-state index contributed by atoms with van der Waals surface area (Å²) in [7, 11) is 1.90. The number of nitrogens with zero attached hydrogens (tertiary/aromatic N) is 6. The molecule has 4 heterocycles. The molecule has 2 aliphatic carbocycles. The Kier molecular flexibility index (Phi) is 11.7. The monoisotopic (exact) mass is 807 g/mol. The SMILES string of the molecule is CN(C(=O)C1(Nc2ncc(F)c(-c3cccc(-n4ccccc4=O)c3)n2)CCCCC1)C1CCC(N2CCN(c3ccc(NC4CCC(=O)NC4=O)cc3F)CC2)CC1. The van der Waals surface area contributed by atoms with Gasteiger partial charge in [-0.05, 0) is 81.3 Å². The zero-order valence-corrected chi connectivity index (χ0v) is 33.3. The van der Waals surface area contributed by atoms with Crippen LogP contribution >= 0.6 is 0 Å². The van der Waals surface area contributed by atoms with E-state index >= 15 is 8.78 Å². The minimum absolute atomic E-state index is 0.00884. The minimum Gasteiger partial charge on any atom is -0.374 e. The van der Waals surface area contributed by atoms with Gasteiger partial charge >= 0.3 is 0 Å². The number of halogens is 2. The molecule has 2 aromatic heterocycles. The van der Waals surface area contributed by atoms with Gasteiger partial charge in [-0.2, -0.15) is 0 Å². The highest BCUT2D eigenvalue weighted by atomic mass is 19.1. The van der Waals surface area contributed by atoms with Crippen LogP contribution in [-0.4, -0.2) is 98.9 Å². The number of anilines is 3. The highest BCUT2D eigenvalue weighted by Crippen LogP contribution is 2.36. The fourth-order valence-corrected chi connectivity index (χ4v) is 9.36. The summed E-state index contributed by atoms with van der Waals surface area (Å²) in [5.41, 5.74) is 1.08. The lowest BCUT2D eigenvalue weighted by Gasteiger charge is -2.45. The number of rotatable bonds is 10. The molecule has 3 N–H and O–H groups in total. The van der Waals surface area contributed by atoms with Gasteiger partial charge in [-0.15, -0.1) is 0 Å². The molecule has 4 aliphatic rings. The number of pyridine rings is 1. The number of hydrogen-bond donors (Lipinski definition) is 3. The number of carbonyl (C=O) groups is 3. The highest BCUT2D eigenvalue weighted by molar-refractivity contribution is 6.01. The summed E-state index contributed by atoms with van der Waals surface area (Å²) in [5, 5.41) is 8.78. The Morgan fingerprint density at radius 1 is 0.881 bits per heavy atom. The van der Waals surface area contributed by atoms with Gasteiger partial charge in [0.1, 0.15) is 23.1 Å². The van der Waals surface area contributed by atoms with Crippen LogP contribution in [0.15, 0.2) is 77.9 Å². The predicted molar refractivity (Wildman–Crippen MR) is 221 cm³/mol. The lowest BCUT2D eigenvalue weighted by atomic mass is 9.79. The molecule has 2 aliphatic heterocycles. The number of hydrogen-bond acceptors (Lipinski definition) is 10. The van der Waals surface area contributed by atoms with Crippen molar-refractivity contribution in [1.29, 1.82) is 0 Å². The lowest BCUT2D eigenvalue weighted by Crippen LogP contribution is -2.58. The van der Waals surface area contributed by atoms with Gasteiger partial charge in [0.15, 0.2) is 5.82 Å². The van der Waals surface area contributed by atoms with Gasteiger partial charge in [0.05, 0.1) is 11.9 Å². The first-order valence-corrected chi connectivity index (χ1v) is 20.8. The Balaban J connectivity index is 0.872. The number of aromatic nitrogens is 3. The quantitative estimate of drug-likeness (QED) is 0.176. The predicted octanol–water partition coefficient (Wildman–Crippen LogP) is 5.50. The first-order chi connectivity index (χ1) is 28.6. The molecule has 2 saturated carbocycles. The molecule has 4 fully saturated rings. The molecule has 0 radical (unpaired) electrons. The Morgan fingerprint density at radius 3 is 2.39 bits per heavy atom. The van der Waals surface area contributed by atoms with Crippen LogP contribution in [0.5, 0.6) is 0 Å². The van der Waals surface area contributed by atoms with E-state index in [0.717, 1.165) is 64.2 Å². The summed E-state index contributed by atoms with van der Waals surface area (Å²) in [5.74, 6) is -1.44. The molecular weight excluding hydrogens is 757 g/mol. The molecule has 15 heteroatoms. The van der Waals surface area contributed by atoms with E-state index in [0.29, 0.717) is 61.0 Å². The van der Waals surface area contributed by atoms with Crippen molar-refractivity contribution in [1.82, 2.24) is 29.7 Å². The van der Waals surface area contributed by atoms with Crippen molar-refractivity contribution in [2.75, 3.05) is 48.8 Å². The van der Waals surface area contributed by atoms with Gasteiger partial charge in [0.2, 0.25) is 23.7 Å². The molecule has 2 aromatic carbocycles. The molecule has 1 atom stereocenters. The Bertz CT molecular complexity index is 2250. The normalized spacial score (nSPS) is 22.4. The topological polar surface area (TPSA) is 145 Å². The van der Waals surface area contributed by atoms with E-state index in [-0.39, 0.29) is 47.3 Å². The molecule has 8 rings (SSSR count). The molecule has 2 saturated heterocycles. The average molecular weight is 808 g/mol. The number of benzene rings is 2. The molecular formula is C44H51F2N9O4. The third-order valence-electron chi connectivity index (χ3n) is 12.7. The summed E-state index contributed by atoms with van der Waals surface area (Å²) >= 11 is 0. The second kappa shape index (κ2) is 17.3. The first-order valence-electron chi connectivity index (χ1n) is 20.8. The molecule has 13 nitrogen and oxygen atoms in total. The van der Waals surface area contributed by atoms with E-state index in [9.17, 15) is 19.2 Å².